The number of furan rings is 1. The molecular formula is C22H21N3O. The largest absolute Gasteiger partial charge is 0.465 e. The maximum absolute atomic E-state index is 5.57. The zero-order valence-electron chi connectivity index (χ0n) is 14.7. The van der Waals surface area contributed by atoms with Crippen molar-refractivity contribution < 1.29 is 4.42 Å². The molecule has 0 bridgehead atoms. The molecule has 2 heterocycles. The summed E-state index contributed by atoms with van der Waals surface area (Å²) in [5, 5.41) is 7.88. The monoisotopic (exact) mass is 343 g/mol. The van der Waals surface area contributed by atoms with E-state index < -0.39 is 0 Å². The quantitative estimate of drug-likeness (QED) is 0.495. The lowest BCUT2D eigenvalue weighted by atomic mass is 10.1. The van der Waals surface area contributed by atoms with Crippen molar-refractivity contribution in [3.05, 3.63) is 89.9 Å². The summed E-state index contributed by atoms with van der Waals surface area (Å²) >= 11 is 0. The van der Waals surface area contributed by atoms with Gasteiger partial charge in [0.15, 0.2) is 0 Å². The van der Waals surface area contributed by atoms with Crippen molar-refractivity contribution in [2.75, 3.05) is 10.6 Å². The van der Waals surface area contributed by atoms with Gasteiger partial charge in [-0.15, -0.1) is 0 Å². The van der Waals surface area contributed by atoms with E-state index in [1.54, 1.807) is 0 Å². The van der Waals surface area contributed by atoms with Crippen molar-refractivity contribution in [1.82, 2.24) is 4.98 Å². The van der Waals surface area contributed by atoms with E-state index in [4.69, 9.17) is 4.42 Å². The Morgan fingerprint density at radius 3 is 2.54 bits per heavy atom. The average Bonchev–Trinajstić information content (AvgIpc) is 3.10. The number of anilines is 2. The SMILES string of the molecule is Cc1ccc(CNc2ccc3cc(CNc4ccccc4)ccc3n2)o1. The first-order chi connectivity index (χ1) is 12.8. The molecule has 0 aliphatic carbocycles. The molecule has 4 nitrogen and oxygen atoms in total. The smallest absolute Gasteiger partial charge is 0.127 e. The minimum atomic E-state index is 0.630. The maximum Gasteiger partial charge on any atom is 0.127 e. The lowest BCUT2D eigenvalue weighted by molar-refractivity contribution is 0.490. The van der Waals surface area contributed by atoms with Gasteiger partial charge in [0, 0.05) is 17.6 Å². The first-order valence-electron chi connectivity index (χ1n) is 8.74. The van der Waals surface area contributed by atoms with Gasteiger partial charge in [-0.1, -0.05) is 24.3 Å². The van der Waals surface area contributed by atoms with Gasteiger partial charge in [0.2, 0.25) is 0 Å². The van der Waals surface area contributed by atoms with Crippen molar-refractivity contribution in [3.63, 3.8) is 0 Å². The summed E-state index contributed by atoms with van der Waals surface area (Å²) in [4.78, 5) is 4.68. The summed E-state index contributed by atoms with van der Waals surface area (Å²) in [5.41, 5.74) is 3.34. The summed E-state index contributed by atoms with van der Waals surface area (Å²) in [6.07, 6.45) is 0. The molecule has 0 aliphatic heterocycles. The number of rotatable bonds is 6. The van der Waals surface area contributed by atoms with Gasteiger partial charge < -0.3 is 15.1 Å². The number of hydrogen-bond donors (Lipinski definition) is 2. The minimum Gasteiger partial charge on any atom is -0.465 e. The number of aromatic nitrogens is 1. The van der Waals surface area contributed by atoms with Gasteiger partial charge in [0.1, 0.15) is 17.3 Å². The zero-order chi connectivity index (χ0) is 17.8. The Labute approximate surface area is 152 Å². The van der Waals surface area contributed by atoms with Crippen LogP contribution in [0.25, 0.3) is 10.9 Å². The number of nitrogens with one attached hydrogen (secondary N) is 2. The van der Waals surface area contributed by atoms with Gasteiger partial charge in [-0.05, 0) is 61.0 Å². The number of pyridine rings is 1. The fourth-order valence-electron chi connectivity index (χ4n) is 2.90. The summed E-state index contributed by atoms with van der Waals surface area (Å²) in [6, 6.07) is 24.6. The molecule has 4 heteroatoms. The third-order valence-corrected chi connectivity index (χ3v) is 4.26. The molecule has 2 aromatic carbocycles. The van der Waals surface area contributed by atoms with Crippen LogP contribution in [0.5, 0.6) is 0 Å². The molecule has 0 atom stereocenters. The van der Waals surface area contributed by atoms with E-state index in [1.807, 2.05) is 43.3 Å². The molecule has 2 aromatic heterocycles. The van der Waals surface area contributed by atoms with Crippen molar-refractivity contribution in [2.45, 2.75) is 20.0 Å². The van der Waals surface area contributed by atoms with Crippen LogP contribution < -0.4 is 10.6 Å². The van der Waals surface area contributed by atoms with Crippen LogP contribution in [-0.4, -0.2) is 4.98 Å². The van der Waals surface area contributed by atoms with Gasteiger partial charge in [-0.25, -0.2) is 4.98 Å². The molecule has 0 fully saturated rings. The van der Waals surface area contributed by atoms with Crippen LogP contribution in [0.4, 0.5) is 11.5 Å². The Morgan fingerprint density at radius 1 is 0.846 bits per heavy atom. The van der Waals surface area contributed by atoms with E-state index in [0.717, 1.165) is 40.5 Å². The second kappa shape index (κ2) is 7.31. The van der Waals surface area contributed by atoms with Gasteiger partial charge >= 0.3 is 0 Å². The third-order valence-electron chi connectivity index (χ3n) is 4.26. The average molecular weight is 343 g/mol. The van der Waals surface area contributed by atoms with Crippen LogP contribution in [0.1, 0.15) is 17.1 Å². The van der Waals surface area contributed by atoms with Crippen LogP contribution in [0.15, 0.2) is 77.2 Å². The predicted octanol–water partition coefficient (Wildman–Crippen LogP) is 5.36. The first-order valence-corrected chi connectivity index (χ1v) is 8.74. The first kappa shape index (κ1) is 16.2. The summed E-state index contributed by atoms with van der Waals surface area (Å²) in [6.45, 7) is 3.37. The van der Waals surface area contributed by atoms with E-state index in [0.29, 0.717) is 6.54 Å². The molecule has 2 N–H and O–H groups in total. The predicted molar refractivity (Wildman–Crippen MR) is 106 cm³/mol. The van der Waals surface area contributed by atoms with Gasteiger partial charge in [-0.3, -0.25) is 0 Å². The molecule has 0 aliphatic rings. The molecule has 0 unspecified atom stereocenters. The topological polar surface area (TPSA) is 50.1 Å². The highest BCUT2D eigenvalue weighted by Crippen LogP contribution is 2.19. The van der Waals surface area contributed by atoms with Crippen LogP contribution in [0.2, 0.25) is 0 Å². The Kier molecular flexibility index (Phi) is 4.56. The molecule has 4 rings (SSSR count). The van der Waals surface area contributed by atoms with E-state index in [-0.39, 0.29) is 0 Å². The Morgan fingerprint density at radius 2 is 1.73 bits per heavy atom. The summed E-state index contributed by atoms with van der Waals surface area (Å²) in [5.74, 6) is 2.68. The van der Waals surface area contributed by atoms with Gasteiger partial charge in [0.05, 0.1) is 12.1 Å². The molecule has 4 aromatic rings. The van der Waals surface area contributed by atoms with Crippen molar-refractivity contribution in [1.29, 1.82) is 0 Å². The number of hydrogen-bond acceptors (Lipinski definition) is 4. The second-order valence-electron chi connectivity index (χ2n) is 6.31. The lowest BCUT2D eigenvalue weighted by Gasteiger charge is -2.09. The molecule has 0 saturated carbocycles. The number of fused-ring (bicyclic) bond motifs is 1. The Hall–Kier alpha value is -3.27. The normalized spacial score (nSPS) is 10.8. The number of aryl methyl sites for hydroxylation is 1. The summed E-state index contributed by atoms with van der Waals surface area (Å²) < 4.78 is 5.57. The Balaban J connectivity index is 1.43. The second-order valence-corrected chi connectivity index (χ2v) is 6.31. The number of benzene rings is 2. The van der Waals surface area contributed by atoms with E-state index >= 15 is 0 Å². The fraction of sp³-hybridized carbons (Fsp3) is 0.136. The molecule has 0 saturated heterocycles. The molecular weight excluding hydrogens is 322 g/mol. The molecule has 0 radical (unpaired) electrons. The Bertz CT molecular complexity index is 1010. The maximum atomic E-state index is 5.57. The fourth-order valence-corrected chi connectivity index (χ4v) is 2.90. The summed E-state index contributed by atoms with van der Waals surface area (Å²) in [7, 11) is 0. The molecule has 26 heavy (non-hydrogen) atoms. The molecule has 0 spiro atoms. The molecule has 130 valence electrons. The highest BCUT2D eigenvalue weighted by atomic mass is 16.3. The van der Waals surface area contributed by atoms with Gasteiger partial charge in [-0.2, -0.15) is 0 Å². The van der Waals surface area contributed by atoms with E-state index in [1.165, 1.54) is 5.56 Å². The van der Waals surface area contributed by atoms with Crippen LogP contribution in [-0.2, 0) is 13.1 Å². The van der Waals surface area contributed by atoms with Crippen molar-refractivity contribution in [2.24, 2.45) is 0 Å². The standard InChI is InChI=1S/C22H21N3O/c1-16-7-10-20(26-16)15-24-22-12-9-18-13-17(8-11-21(18)25-22)14-23-19-5-3-2-4-6-19/h2-13,23H,14-15H2,1H3,(H,24,25). The highest BCUT2D eigenvalue weighted by Gasteiger charge is 2.03. The van der Waals surface area contributed by atoms with Crippen molar-refractivity contribution >= 4 is 22.4 Å². The molecule has 0 amide bonds. The minimum absolute atomic E-state index is 0.630. The van der Waals surface area contributed by atoms with Crippen molar-refractivity contribution in [3.8, 4) is 0 Å². The lowest BCUT2D eigenvalue weighted by Crippen LogP contribution is -2.01. The van der Waals surface area contributed by atoms with Crippen LogP contribution in [0, 0.1) is 6.92 Å². The van der Waals surface area contributed by atoms with Gasteiger partial charge in [0.25, 0.3) is 0 Å². The zero-order valence-corrected chi connectivity index (χ0v) is 14.7. The van der Waals surface area contributed by atoms with Crippen LogP contribution >= 0.6 is 0 Å². The highest BCUT2D eigenvalue weighted by molar-refractivity contribution is 5.81. The van der Waals surface area contributed by atoms with Crippen LogP contribution in [0.3, 0.4) is 0 Å². The number of nitrogens with zero attached hydrogens (tertiary/aromatic N) is 1. The van der Waals surface area contributed by atoms with E-state index in [9.17, 15) is 0 Å². The number of para-hydroxylation sites is 1. The van der Waals surface area contributed by atoms with E-state index in [2.05, 4.69) is 52.0 Å². The third kappa shape index (κ3) is 3.86.